The molecule has 0 fully saturated rings. The van der Waals surface area contributed by atoms with Gasteiger partial charge in [-0.15, -0.1) is 0 Å². The molecule has 4 rings (SSSR count). The lowest BCUT2D eigenvalue weighted by molar-refractivity contribution is 1.21. The van der Waals surface area contributed by atoms with Gasteiger partial charge in [-0.05, 0) is 28.3 Å². The first-order valence-electron chi connectivity index (χ1n) is 7.22. The molecule has 0 spiro atoms. The molecule has 0 unspecified atom stereocenters. The van der Waals surface area contributed by atoms with Crippen molar-refractivity contribution in [2.45, 2.75) is 6.42 Å². The molecule has 0 saturated carbocycles. The van der Waals surface area contributed by atoms with Gasteiger partial charge in [-0.25, -0.2) is 0 Å². The van der Waals surface area contributed by atoms with Gasteiger partial charge in [-0.1, -0.05) is 66.7 Å². The van der Waals surface area contributed by atoms with Crippen LogP contribution in [0.15, 0.2) is 79.0 Å². The number of benzene rings is 2. The lowest BCUT2D eigenvalue weighted by Crippen LogP contribution is -1.91. The van der Waals surface area contributed by atoms with E-state index in [-0.39, 0.29) is 0 Å². The SMILES string of the molecule is c1ccc(C2=C(c3ccccc3)c3ncccc3C2)cc1. The summed E-state index contributed by atoms with van der Waals surface area (Å²) in [5.74, 6) is 0. The Balaban J connectivity index is 1.97. The molecule has 1 aliphatic rings. The molecule has 0 aliphatic heterocycles. The van der Waals surface area contributed by atoms with Crippen LogP contribution in [0.2, 0.25) is 0 Å². The summed E-state index contributed by atoms with van der Waals surface area (Å²) in [6, 6.07) is 25.4. The van der Waals surface area contributed by atoms with Crippen molar-refractivity contribution in [3.05, 3.63) is 101 Å². The standard InChI is InChI=1S/C20H15N/c1-3-8-15(9-4-1)18-14-17-12-7-13-21-20(17)19(18)16-10-5-2-6-11-16/h1-13H,14H2. The van der Waals surface area contributed by atoms with Gasteiger partial charge in [0.05, 0.1) is 5.69 Å². The van der Waals surface area contributed by atoms with Crippen molar-refractivity contribution in [2.24, 2.45) is 0 Å². The van der Waals surface area contributed by atoms with E-state index >= 15 is 0 Å². The van der Waals surface area contributed by atoms with E-state index in [1.165, 1.54) is 27.8 Å². The first-order chi connectivity index (χ1) is 10.4. The maximum atomic E-state index is 4.63. The van der Waals surface area contributed by atoms with Crippen LogP contribution in [0, 0.1) is 0 Å². The highest BCUT2D eigenvalue weighted by molar-refractivity contribution is 6.02. The molecule has 1 aliphatic carbocycles. The van der Waals surface area contributed by atoms with Crippen molar-refractivity contribution < 1.29 is 0 Å². The van der Waals surface area contributed by atoms with Crippen LogP contribution in [0.1, 0.15) is 22.4 Å². The zero-order valence-corrected chi connectivity index (χ0v) is 11.7. The van der Waals surface area contributed by atoms with Crippen LogP contribution in [0.4, 0.5) is 0 Å². The fourth-order valence-corrected chi connectivity index (χ4v) is 3.03. The Labute approximate surface area is 124 Å². The number of aromatic nitrogens is 1. The molecular weight excluding hydrogens is 254 g/mol. The molecule has 3 aromatic rings. The summed E-state index contributed by atoms with van der Waals surface area (Å²) in [5.41, 5.74) is 7.62. The van der Waals surface area contributed by atoms with Crippen LogP contribution in [-0.2, 0) is 6.42 Å². The van der Waals surface area contributed by atoms with Gasteiger partial charge in [0.15, 0.2) is 0 Å². The van der Waals surface area contributed by atoms with Crippen LogP contribution < -0.4 is 0 Å². The third-order valence-electron chi connectivity index (χ3n) is 3.98. The monoisotopic (exact) mass is 269 g/mol. The summed E-state index contributed by atoms with van der Waals surface area (Å²) in [4.78, 5) is 4.63. The average molecular weight is 269 g/mol. The zero-order valence-electron chi connectivity index (χ0n) is 11.7. The van der Waals surface area contributed by atoms with Crippen molar-refractivity contribution in [2.75, 3.05) is 0 Å². The van der Waals surface area contributed by atoms with Gasteiger partial charge >= 0.3 is 0 Å². The Kier molecular flexibility index (Phi) is 2.89. The minimum absolute atomic E-state index is 0.956. The van der Waals surface area contributed by atoms with Gasteiger partial charge in [-0.3, -0.25) is 4.98 Å². The summed E-state index contributed by atoms with van der Waals surface area (Å²) >= 11 is 0. The quantitative estimate of drug-likeness (QED) is 0.662. The van der Waals surface area contributed by atoms with Gasteiger partial charge in [0.25, 0.3) is 0 Å². The summed E-state index contributed by atoms with van der Waals surface area (Å²) in [5, 5.41) is 0. The third-order valence-corrected chi connectivity index (χ3v) is 3.98. The van der Waals surface area contributed by atoms with Gasteiger partial charge in [-0.2, -0.15) is 0 Å². The Morgan fingerprint density at radius 1 is 0.667 bits per heavy atom. The average Bonchev–Trinajstić information content (AvgIpc) is 2.96. The minimum Gasteiger partial charge on any atom is -0.256 e. The van der Waals surface area contributed by atoms with Crippen molar-refractivity contribution in [3.8, 4) is 0 Å². The van der Waals surface area contributed by atoms with E-state index < -0.39 is 0 Å². The van der Waals surface area contributed by atoms with Crippen LogP contribution >= 0.6 is 0 Å². The van der Waals surface area contributed by atoms with E-state index in [9.17, 15) is 0 Å². The molecule has 21 heavy (non-hydrogen) atoms. The summed E-state index contributed by atoms with van der Waals surface area (Å²) in [6.45, 7) is 0. The highest BCUT2D eigenvalue weighted by atomic mass is 14.7. The maximum absolute atomic E-state index is 4.63. The summed E-state index contributed by atoms with van der Waals surface area (Å²) in [6.07, 6.45) is 2.84. The third kappa shape index (κ3) is 2.07. The molecule has 0 N–H and O–H groups in total. The van der Waals surface area contributed by atoms with Gasteiger partial charge < -0.3 is 0 Å². The number of pyridine rings is 1. The number of nitrogens with zero attached hydrogens (tertiary/aromatic N) is 1. The molecule has 0 saturated heterocycles. The lowest BCUT2D eigenvalue weighted by atomic mass is 9.96. The van der Waals surface area contributed by atoms with Crippen LogP contribution in [0.25, 0.3) is 11.1 Å². The fourth-order valence-electron chi connectivity index (χ4n) is 3.03. The second-order valence-corrected chi connectivity index (χ2v) is 5.27. The van der Waals surface area contributed by atoms with E-state index in [0.29, 0.717) is 0 Å². The predicted molar refractivity (Wildman–Crippen MR) is 86.7 cm³/mol. The Bertz CT molecular complexity index is 802. The Morgan fingerprint density at radius 3 is 2.05 bits per heavy atom. The van der Waals surface area contributed by atoms with E-state index in [0.717, 1.165) is 12.1 Å². The predicted octanol–water partition coefficient (Wildman–Crippen LogP) is 4.60. The van der Waals surface area contributed by atoms with E-state index in [4.69, 9.17) is 0 Å². The summed E-state index contributed by atoms with van der Waals surface area (Å²) in [7, 11) is 0. The molecule has 0 atom stereocenters. The van der Waals surface area contributed by atoms with Gasteiger partial charge in [0.1, 0.15) is 0 Å². The second kappa shape index (κ2) is 5.02. The number of rotatable bonds is 2. The number of hydrogen-bond donors (Lipinski definition) is 0. The zero-order chi connectivity index (χ0) is 14.1. The molecule has 1 nitrogen and oxygen atoms in total. The molecule has 1 heteroatoms. The van der Waals surface area contributed by atoms with E-state index in [2.05, 4.69) is 71.7 Å². The van der Waals surface area contributed by atoms with E-state index in [1.807, 2.05) is 12.3 Å². The molecule has 1 heterocycles. The van der Waals surface area contributed by atoms with E-state index in [1.54, 1.807) is 0 Å². The first-order valence-corrected chi connectivity index (χ1v) is 7.22. The normalized spacial score (nSPS) is 13.3. The van der Waals surface area contributed by atoms with Crippen molar-refractivity contribution in [1.29, 1.82) is 0 Å². The fraction of sp³-hybridized carbons (Fsp3) is 0.0500. The number of hydrogen-bond acceptors (Lipinski definition) is 1. The van der Waals surface area contributed by atoms with Crippen molar-refractivity contribution in [3.63, 3.8) is 0 Å². The molecule has 2 aromatic carbocycles. The molecule has 0 bridgehead atoms. The van der Waals surface area contributed by atoms with Crippen LogP contribution in [0.3, 0.4) is 0 Å². The first kappa shape index (κ1) is 12.1. The van der Waals surface area contributed by atoms with Crippen LogP contribution in [0.5, 0.6) is 0 Å². The van der Waals surface area contributed by atoms with Gasteiger partial charge in [0.2, 0.25) is 0 Å². The molecular formula is C20H15N. The molecule has 100 valence electrons. The summed E-state index contributed by atoms with van der Waals surface area (Å²) < 4.78 is 0. The van der Waals surface area contributed by atoms with Crippen molar-refractivity contribution >= 4 is 11.1 Å². The lowest BCUT2D eigenvalue weighted by Gasteiger charge is -2.08. The largest absolute Gasteiger partial charge is 0.256 e. The van der Waals surface area contributed by atoms with Gasteiger partial charge in [0, 0.05) is 18.2 Å². The molecule has 0 radical (unpaired) electrons. The Hall–Kier alpha value is -2.67. The van der Waals surface area contributed by atoms with Crippen molar-refractivity contribution in [1.82, 2.24) is 4.98 Å². The highest BCUT2D eigenvalue weighted by Gasteiger charge is 2.24. The maximum Gasteiger partial charge on any atom is 0.0746 e. The van der Waals surface area contributed by atoms with Crippen LogP contribution in [-0.4, -0.2) is 4.98 Å². The number of fused-ring (bicyclic) bond motifs is 1. The molecule has 1 aromatic heterocycles. The topological polar surface area (TPSA) is 12.9 Å². The smallest absolute Gasteiger partial charge is 0.0746 e. The highest BCUT2D eigenvalue weighted by Crippen LogP contribution is 2.40. The Morgan fingerprint density at radius 2 is 1.33 bits per heavy atom. The number of allylic oxidation sites excluding steroid dienone is 1. The molecule has 0 amide bonds. The second-order valence-electron chi connectivity index (χ2n) is 5.27. The minimum atomic E-state index is 0.956.